The molecule has 0 aliphatic rings. The second kappa shape index (κ2) is 11.4. The van der Waals surface area contributed by atoms with E-state index < -0.39 is 0 Å². The summed E-state index contributed by atoms with van der Waals surface area (Å²) in [6.07, 6.45) is 2.23. The summed E-state index contributed by atoms with van der Waals surface area (Å²) < 4.78 is 10.6. The monoisotopic (exact) mass is 281 g/mol. The highest BCUT2D eigenvalue weighted by atomic mass is 16.5. The van der Waals surface area contributed by atoms with E-state index in [0.29, 0.717) is 25.6 Å². The summed E-state index contributed by atoms with van der Waals surface area (Å²) >= 11 is 0. The molecule has 1 heterocycles. The molecule has 0 aromatic carbocycles. The van der Waals surface area contributed by atoms with Gasteiger partial charge in [-0.25, -0.2) is 0 Å². The fourth-order valence-corrected chi connectivity index (χ4v) is 1.33. The normalized spacial score (nSPS) is 9.90. The maximum absolute atomic E-state index is 11.0. The second-order valence-corrected chi connectivity index (χ2v) is 4.37. The number of carbonyl (C=O) groups is 1. The maximum Gasteiger partial charge on any atom is 0.158 e. The Morgan fingerprint density at radius 1 is 1.25 bits per heavy atom. The Morgan fingerprint density at radius 2 is 1.95 bits per heavy atom. The molecular formula is C16H27NO3. The van der Waals surface area contributed by atoms with E-state index >= 15 is 0 Å². The van der Waals surface area contributed by atoms with Gasteiger partial charge in [-0.1, -0.05) is 34.6 Å². The van der Waals surface area contributed by atoms with E-state index in [9.17, 15) is 4.79 Å². The smallest absolute Gasteiger partial charge is 0.158 e. The standard InChI is InChI=1S/C14H21NO3.C2H6/c1-4-12(16)10-17-7-8-18-13-5-6-14(11(2)3)15-9-13;1-2/h5-6,9,11H,4,7-8,10H2,1-3H3;1-2H3. The zero-order valence-corrected chi connectivity index (χ0v) is 13.3. The second-order valence-electron chi connectivity index (χ2n) is 4.37. The van der Waals surface area contributed by atoms with Crippen LogP contribution in [0.3, 0.4) is 0 Å². The predicted molar refractivity (Wildman–Crippen MR) is 81.3 cm³/mol. The van der Waals surface area contributed by atoms with Crippen molar-refractivity contribution in [2.75, 3.05) is 19.8 Å². The Morgan fingerprint density at radius 3 is 2.45 bits per heavy atom. The van der Waals surface area contributed by atoms with Gasteiger partial charge in [0.1, 0.15) is 19.0 Å². The van der Waals surface area contributed by atoms with Crippen LogP contribution in [0.4, 0.5) is 0 Å². The fraction of sp³-hybridized carbons (Fsp3) is 0.625. The average molecular weight is 281 g/mol. The van der Waals surface area contributed by atoms with Crippen molar-refractivity contribution in [3.8, 4) is 5.75 Å². The number of Topliss-reactive ketones (excluding diaryl/α,β-unsaturated/α-hetero) is 1. The summed E-state index contributed by atoms with van der Waals surface area (Å²) in [4.78, 5) is 15.3. The fourth-order valence-electron chi connectivity index (χ4n) is 1.33. The van der Waals surface area contributed by atoms with Crippen LogP contribution in [-0.2, 0) is 9.53 Å². The van der Waals surface area contributed by atoms with Crippen LogP contribution < -0.4 is 4.74 Å². The van der Waals surface area contributed by atoms with Gasteiger partial charge in [0.2, 0.25) is 0 Å². The quantitative estimate of drug-likeness (QED) is 0.683. The average Bonchev–Trinajstić information content (AvgIpc) is 2.49. The van der Waals surface area contributed by atoms with E-state index in [0.717, 1.165) is 11.4 Å². The molecule has 0 fully saturated rings. The van der Waals surface area contributed by atoms with Crippen LogP contribution >= 0.6 is 0 Å². The molecule has 0 atom stereocenters. The van der Waals surface area contributed by atoms with Gasteiger partial charge in [0, 0.05) is 12.1 Å². The zero-order valence-electron chi connectivity index (χ0n) is 13.3. The summed E-state index contributed by atoms with van der Waals surface area (Å²) in [6.45, 7) is 11.0. The van der Waals surface area contributed by atoms with E-state index in [-0.39, 0.29) is 12.4 Å². The lowest BCUT2D eigenvalue weighted by Crippen LogP contribution is -2.12. The Labute approximate surface area is 122 Å². The van der Waals surface area contributed by atoms with E-state index in [1.807, 2.05) is 32.9 Å². The lowest BCUT2D eigenvalue weighted by molar-refractivity contribution is -0.123. The molecule has 0 N–H and O–H groups in total. The zero-order chi connectivity index (χ0) is 15.4. The molecule has 1 aromatic rings. The minimum absolute atomic E-state index is 0.109. The molecule has 4 heteroatoms. The first kappa shape index (κ1) is 18.6. The molecule has 20 heavy (non-hydrogen) atoms. The van der Waals surface area contributed by atoms with E-state index in [1.165, 1.54) is 0 Å². The number of hydrogen-bond donors (Lipinski definition) is 0. The lowest BCUT2D eigenvalue weighted by atomic mass is 10.1. The van der Waals surface area contributed by atoms with Crippen LogP contribution in [0.1, 0.15) is 52.7 Å². The SMILES string of the molecule is CC.CCC(=O)COCCOc1ccc(C(C)C)nc1. The van der Waals surface area contributed by atoms with Crippen molar-refractivity contribution >= 4 is 5.78 Å². The predicted octanol–water partition coefficient (Wildman–Crippen LogP) is 3.61. The van der Waals surface area contributed by atoms with E-state index in [1.54, 1.807) is 6.20 Å². The summed E-state index contributed by atoms with van der Waals surface area (Å²) in [5.74, 6) is 1.25. The first-order valence-electron chi connectivity index (χ1n) is 7.31. The highest BCUT2D eigenvalue weighted by Gasteiger charge is 2.01. The maximum atomic E-state index is 11.0. The van der Waals surface area contributed by atoms with Crippen LogP contribution in [0.5, 0.6) is 5.75 Å². The van der Waals surface area contributed by atoms with Crippen LogP contribution in [-0.4, -0.2) is 30.6 Å². The molecule has 0 radical (unpaired) electrons. The van der Waals surface area contributed by atoms with Crippen molar-refractivity contribution in [2.45, 2.75) is 47.0 Å². The third-order valence-electron chi connectivity index (χ3n) is 2.50. The third kappa shape index (κ3) is 7.89. The van der Waals surface area contributed by atoms with Crippen LogP contribution in [0, 0.1) is 0 Å². The molecule has 0 aliphatic heterocycles. The molecule has 114 valence electrons. The van der Waals surface area contributed by atoms with Crippen LogP contribution in [0.25, 0.3) is 0 Å². The summed E-state index contributed by atoms with van der Waals surface area (Å²) in [5, 5.41) is 0. The molecule has 0 saturated carbocycles. The number of aromatic nitrogens is 1. The number of carbonyl (C=O) groups excluding carboxylic acids is 1. The van der Waals surface area contributed by atoms with E-state index in [4.69, 9.17) is 9.47 Å². The highest BCUT2D eigenvalue weighted by molar-refractivity contribution is 5.79. The van der Waals surface area contributed by atoms with Gasteiger partial charge in [-0.2, -0.15) is 0 Å². The molecule has 0 bridgehead atoms. The summed E-state index contributed by atoms with van der Waals surface area (Å²) in [5.41, 5.74) is 1.05. The molecule has 1 rings (SSSR count). The minimum Gasteiger partial charge on any atom is -0.490 e. The van der Waals surface area contributed by atoms with Crippen LogP contribution in [0.2, 0.25) is 0 Å². The lowest BCUT2D eigenvalue weighted by Gasteiger charge is -2.08. The Balaban J connectivity index is 0.00000172. The van der Waals surface area contributed by atoms with Gasteiger partial charge in [0.05, 0.1) is 12.8 Å². The molecule has 0 saturated heterocycles. The van der Waals surface area contributed by atoms with Gasteiger partial charge < -0.3 is 9.47 Å². The van der Waals surface area contributed by atoms with Gasteiger partial charge in [0.25, 0.3) is 0 Å². The van der Waals surface area contributed by atoms with Gasteiger partial charge in [0.15, 0.2) is 5.78 Å². The molecular weight excluding hydrogens is 254 g/mol. The number of ether oxygens (including phenoxy) is 2. The molecule has 0 unspecified atom stereocenters. The van der Waals surface area contributed by atoms with Crippen molar-refractivity contribution in [3.05, 3.63) is 24.0 Å². The Kier molecular flexibility index (Phi) is 10.6. The van der Waals surface area contributed by atoms with Gasteiger partial charge >= 0.3 is 0 Å². The first-order chi connectivity index (χ1) is 9.63. The number of ketones is 1. The Bertz CT molecular complexity index is 360. The van der Waals surface area contributed by atoms with Crippen molar-refractivity contribution in [2.24, 2.45) is 0 Å². The number of rotatable bonds is 8. The third-order valence-corrected chi connectivity index (χ3v) is 2.50. The highest BCUT2D eigenvalue weighted by Crippen LogP contribution is 2.15. The number of pyridine rings is 1. The number of nitrogens with zero attached hydrogens (tertiary/aromatic N) is 1. The van der Waals surface area contributed by atoms with Crippen molar-refractivity contribution in [3.63, 3.8) is 0 Å². The molecule has 4 nitrogen and oxygen atoms in total. The summed E-state index contributed by atoms with van der Waals surface area (Å²) in [7, 11) is 0. The van der Waals surface area contributed by atoms with Gasteiger partial charge in [-0.15, -0.1) is 0 Å². The molecule has 0 aliphatic carbocycles. The van der Waals surface area contributed by atoms with Gasteiger partial charge in [-0.3, -0.25) is 9.78 Å². The number of hydrogen-bond acceptors (Lipinski definition) is 4. The van der Waals surface area contributed by atoms with Crippen molar-refractivity contribution in [1.82, 2.24) is 4.98 Å². The Hall–Kier alpha value is -1.42. The van der Waals surface area contributed by atoms with Crippen molar-refractivity contribution < 1.29 is 14.3 Å². The van der Waals surface area contributed by atoms with Crippen molar-refractivity contribution in [1.29, 1.82) is 0 Å². The largest absolute Gasteiger partial charge is 0.490 e. The molecule has 1 aromatic heterocycles. The first-order valence-corrected chi connectivity index (χ1v) is 7.31. The van der Waals surface area contributed by atoms with Gasteiger partial charge in [-0.05, 0) is 18.1 Å². The topological polar surface area (TPSA) is 48.4 Å². The van der Waals surface area contributed by atoms with Crippen LogP contribution in [0.15, 0.2) is 18.3 Å². The van der Waals surface area contributed by atoms with E-state index in [2.05, 4.69) is 18.8 Å². The molecule has 0 amide bonds. The molecule has 0 spiro atoms. The summed E-state index contributed by atoms with van der Waals surface area (Å²) in [6, 6.07) is 3.86. The minimum atomic E-state index is 0.109.